The van der Waals surface area contributed by atoms with Crippen LogP contribution in [-0.2, 0) is 0 Å². The van der Waals surface area contributed by atoms with E-state index in [-0.39, 0.29) is 0 Å². The Labute approximate surface area is 752 Å². The smallest absolute Gasteiger partial charge is 0.136 e. The van der Waals surface area contributed by atoms with Crippen molar-refractivity contribution in [3.05, 3.63) is 497 Å². The van der Waals surface area contributed by atoms with E-state index in [0.29, 0.717) is 0 Å². The molecule has 0 saturated heterocycles. The second-order valence-corrected chi connectivity index (χ2v) is 33.5. The molecule has 25 aromatic rings. The minimum absolute atomic E-state index is 0.871. The molecule has 0 aliphatic heterocycles. The molecule has 4 heterocycles. The highest BCUT2D eigenvalue weighted by atomic mass is 16.3. The molecule has 25 rings (SSSR count). The summed E-state index contributed by atoms with van der Waals surface area (Å²) in [6.07, 6.45) is 0. The third-order valence-electron chi connectivity index (χ3n) is 25.7. The predicted molar refractivity (Wildman–Crippen MR) is 546 cm³/mol. The first-order valence-corrected chi connectivity index (χ1v) is 44.4. The Hall–Kier alpha value is -17.3. The molecular weight excluding hydrogens is 1580 g/mol. The molecule has 0 unspecified atom stereocenters. The minimum atomic E-state index is 0.871. The normalized spacial score (nSPS) is 11.5. The van der Waals surface area contributed by atoms with Gasteiger partial charge in [-0.25, -0.2) is 0 Å². The highest BCUT2D eigenvalue weighted by Gasteiger charge is 2.22. The molecule has 610 valence electrons. The van der Waals surface area contributed by atoms with Gasteiger partial charge in [0.2, 0.25) is 0 Å². The number of anilines is 6. The molecule has 0 N–H and O–H groups in total. The number of furan rings is 2. The van der Waals surface area contributed by atoms with E-state index in [1.807, 2.05) is 0 Å². The van der Waals surface area contributed by atoms with Gasteiger partial charge in [0.15, 0.2) is 0 Å². The third-order valence-corrected chi connectivity index (χ3v) is 25.7. The molecule has 0 aliphatic carbocycles. The SMILES string of the molecule is c1ccc(-c2ccc(N(c3ccccc3)c3cccc(-c4cccc(-c5cccc6oc7cc(-c8cccc(-c9ccc%10c%11ccccc%11n(-c%11ccccc%11)c%10c9)c8)ccc7c56)c4)c3)cc2)cc1.c1ccc(N(c2ccc(-c3ccc4oc5cc(-c6ccc(-c7ccc8c9ccccc9n(-c9ccccc9)c8c7)cc6)ccc5c4c3)cc2)c2ccc3ccccc3c2)cc1. The van der Waals surface area contributed by atoms with Crippen LogP contribution in [0.5, 0.6) is 0 Å². The van der Waals surface area contributed by atoms with Gasteiger partial charge in [-0.2, -0.15) is 0 Å². The van der Waals surface area contributed by atoms with Crippen molar-refractivity contribution in [2.24, 2.45) is 0 Å². The molecule has 6 heteroatoms. The number of hydrogen-bond donors (Lipinski definition) is 0. The summed E-state index contributed by atoms with van der Waals surface area (Å²) in [4.78, 5) is 4.65. The van der Waals surface area contributed by atoms with Crippen LogP contribution < -0.4 is 9.80 Å². The van der Waals surface area contributed by atoms with Crippen molar-refractivity contribution in [1.82, 2.24) is 9.13 Å². The van der Waals surface area contributed by atoms with Crippen molar-refractivity contribution in [2.45, 2.75) is 0 Å². The van der Waals surface area contributed by atoms with Gasteiger partial charge in [0, 0.05) is 88.6 Å². The molecule has 130 heavy (non-hydrogen) atoms. The van der Waals surface area contributed by atoms with E-state index in [1.165, 1.54) is 87.8 Å². The maximum absolute atomic E-state index is 6.69. The maximum atomic E-state index is 6.69. The molecule has 0 saturated carbocycles. The summed E-state index contributed by atoms with van der Waals surface area (Å²) in [6, 6.07) is 179. The molecule has 0 aliphatic rings. The average Bonchev–Trinajstić information content (AvgIpc) is 1.59. The van der Waals surface area contributed by atoms with Gasteiger partial charge in [-0.05, 0) is 276 Å². The second kappa shape index (κ2) is 32.7. The fourth-order valence-electron chi connectivity index (χ4n) is 19.4. The van der Waals surface area contributed by atoms with Crippen molar-refractivity contribution in [2.75, 3.05) is 9.80 Å². The van der Waals surface area contributed by atoms with Crippen molar-refractivity contribution in [3.63, 3.8) is 0 Å². The predicted octanol–water partition coefficient (Wildman–Crippen LogP) is 34.8. The molecule has 0 atom stereocenters. The first-order valence-electron chi connectivity index (χ1n) is 44.4. The van der Waals surface area contributed by atoms with Crippen LogP contribution in [0.4, 0.5) is 34.1 Å². The number of aromatic nitrogens is 2. The molecule has 21 aromatic carbocycles. The number of hydrogen-bond acceptors (Lipinski definition) is 4. The monoisotopic (exact) mass is 1660 g/mol. The Morgan fingerprint density at radius 1 is 0.154 bits per heavy atom. The van der Waals surface area contributed by atoms with Gasteiger partial charge in [-0.15, -0.1) is 0 Å². The number of para-hydroxylation sites is 6. The zero-order valence-electron chi connectivity index (χ0n) is 70.9. The lowest BCUT2D eigenvalue weighted by Crippen LogP contribution is -2.09. The van der Waals surface area contributed by atoms with Crippen LogP contribution >= 0.6 is 0 Å². The van der Waals surface area contributed by atoms with Gasteiger partial charge in [-0.3, -0.25) is 0 Å². The first kappa shape index (κ1) is 76.3. The molecule has 0 bridgehead atoms. The van der Waals surface area contributed by atoms with Gasteiger partial charge in [0.05, 0.1) is 22.1 Å². The number of nitrogens with zero attached hydrogens (tertiary/aromatic N) is 4. The van der Waals surface area contributed by atoms with Crippen molar-refractivity contribution >= 4 is 132 Å². The highest BCUT2D eigenvalue weighted by molar-refractivity contribution is 6.15. The molecule has 0 radical (unpaired) electrons. The van der Waals surface area contributed by atoms with E-state index >= 15 is 0 Å². The Morgan fingerprint density at radius 3 is 1.07 bits per heavy atom. The Bertz CT molecular complexity index is 8570. The van der Waals surface area contributed by atoms with Crippen LogP contribution in [0, 0.1) is 0 Å². The van der Waals surface area contributed by atoms with Crippen molar-refractivity contribution in [1.29, 1.82) is 0 Å². The van der Waals surface area contributed by atoms with E-state index in [9.17, 15) is 0 Å². The van der Waals surface area contributed by atoms with E-state index in [1.54, 1.807) is 0 Å². The first-order chi connectivity index (χ1) is 64.4. The van der Waals surface area contributed by atoms with E-state index in [4.69, 9.17) is 8.83 Å². The zero-order valence-corrected chi connectivity index (χ0v) is 70.9. The van der Waals surface area contributed by atoms with Crippen LogP contribution in [0.3, 0.4) is 0 Å². The molecule has 0 fully saturated rings. The summed E-state index contributed by atoms with van der Waals surface area (Å²) in [5.74, 6) is 0. The number of rotatable bonds is 16. The van der Waals surface area contributed by atoms with E-state index < -0.39 is 0 Å². The average molecular weight is 1660 g/mol. The van der Waals surface area contributed by atoms with Crippen LogP contribution in [-0.4, -0.2) is 9.13 Å². The van der Waals surface area contributed by atoms with Crippen molar-refractivity contribution in [3.8, 4) is 100 Å². The van der Waals surface area contributed by atoms with Crippen LogP contribution in [0.2, 0.25) is 0 Å². The molecular formula is C124H82N4O2. The van der Waals surface area contributed by atoms with Crippen molar-refractivity contribution < 1.29 is 8.83 Å². The number of fused-ring (bicyclic) bond motifs is 13. The topological polar surface area (TPSA) is 42.6 Å². The third kappa shape index (κ3) is 14.1. The molecule has 0 amide bonds. The summed E-state index contributed by atoms with van der Waals surface area (Å²) in [7, 11) is 0. The quantitative estimate of drug-likeness (QED) is 0.0967. The molecule has 6 nitrogen and oxygen atoms in total. The number of benzene rings is 21. The van der Waals surface area contributed by atoms with Gasteiger partial charge >= 0.3 is 0 Å². The van der Waals surface area contributed by atoms with Gasteiger partial charge in [-0.1, -0.05) is 322 Å². The fraction of sp³-hybridized carbons (Fsp3) is 0. The van der Waals surface area contributed by atoms with Gasteiger partial charge < -0.3 is 27.8 Å². The summed E-state index contributed by atoms with van der Waals surface area (Å²) in [6.45, 7) is 0. The summed E-state index contributed by atoms with van der Waals surface area (Å²) >= 11 is 0. The zero-order chi connectivity index (χ0) is 86.0. The lowest BCUT2D eigenvalue weighted by Gasteiger charge is -2.26. The molecule has 4 aromatic heterocycles. The Balaban J connectivity index is 0.000000145. The fourth-order valence-corrected chi connectivity index (χ4v) is 19.4. The van der Waals surface area contributed by atoms with E-state index in [0.717, 1.165) is 145 Å². The van der Waals surface area contributed by atoms with E-state index in [2.05, 4.69) is 516 Å². The van der Waals surface area contributed by atoms with Crippen LogP contribution in [0.15, 0.2) is 506 Å². The highest BCUT2D eigenvalue weighted by Crippen LogP contribution is 2.46. The van der Waals surface area contributed by atoms with Crippen LogP contribution in [0.1, 0.15) is 0 Å². The van der Waals surface area contributed by atoms with Gasteiger partial charge in [0.1, 0.15) is 22.3 Å². The summed E-state index contributed by atoms with van der Waals surface area (Å²) in [5, 5.41) is 11.9. The summed E-state index contributed by atoms with van der Waals surface area (Å²) < 4.78 is 17.9. The Morgan fingerprint density at radius 2 is 0.492 bits per heavy atom. The second-order valence-electron chi connectivity index (χ2n) is 33.5. The van der Waals surface area contributed by atoms with Crippen LogP contribution in [0.25, 0.3) is 199 Å². The maximum Gasteiger partial charge on any atom is 0.136 e. The lowest BCUT2D eigenvalue weighted by atomic mass is 9.94. The lowest BCUT2D eigenvalue weighted by molar-refractivity contribution is 0.668. The minimum Gasteiger partial charge on any atom is -0.456 e. The molecule has 0 spiro atoms. The summed E-state index contributed by atoms with van der Waals surface area (Å²) in [5.41, 5.74) is 35.8. The largest absolute Gasteiger partial charge is 0.456 e. The standard InChI is InChI=1S/C66H44N2O.C58H38N2O/c1-4-16-45(17-5-1)46-32-36-56(37-33-46)67(54-23-6-2-7-24-54)57-27-14-21-50(42-57)49-20-13-22-53(41-49)58-29-15-31-64-66(58)61-39-35-52(44-65(61)69-64)48-19-12-18-47(40-48)51-34-38-60-59-28-10-11-30-62(59)68(63(60)43-51)55-25-8-3-9-26-55;1-3-13-47(14-4-1)59(50-31-25-39-11-7-8-12-43(39)35-50)49-29-23-42(24-30-49)44-28-34-57-54(36-44)53-33-27-46(38-58(53)61-57)41-21-19-40(20-22-41)45-26-32-52-51-17-9-10-18-55(51)60(56(52)37-45)48-15-5-2-6-16-48/h1-44H;1-38H. The van der Waals surface area contributed by atoms with Gasteiger partial charge in [0.25, 0.3) is 0 Å². The Kier molecular flexibility index (Phi) is 19.2.